The second kappa shape index (κ2) is 6.10. The average Bonchev–Trinajstić information content (AvgIpc) is 2.71. The Morgan fingerprint density at radius 2 is 2.17 bits per heavy atom. The van der Waals surface area contributed by atoms with Gasteiger partial charge in [-0.1, -0.05) is 0 Å². The summed E-state index contributed by atoms with van der Waals surface area (Å²) in [5, 5.41) is 12.3. The molecule has 1 aliphatic carbocycles. The van der Waals surface area contributed by atoms with Crippen molar-refractivity contribution in [2.24, 2.45) is 5.92 Å². The van der Waals surface area contributed by atoms with E-state index in [4.69, 9.17) is 9.42 Å². The lowest BCUT2D eigenvalue weighted by Gasteiger charge is -2.10. The molecule has 1 saturated carbocycles. The van der Waals surface area contributed by atoms with Crippen LogP contribution in [0.1, 0.15) is 12.8 Å². The van der Waals surface area contributed by atoms with Gasteiger partial charge in [0.05, 0.1) is 0 Å². The summed E-state index contributed by atoms with van der Waals surface area (Å²) in [6.45, 7) is -0.0801. The van der Waals surface area contributed by atoms with E-state index in [1.165, 1.54) is 12.7 Å². The summed E-state index contributed by atoms with van der Waals surface area (Å²) in [7, 11) is -2.65. The summed E-state index contributed by atoms with van der Waals surface area (Å²) in [6.07, 6.45) is 3.50. The molecule has 0 aliphatic heterocycles. The molecule has 98 valence electrons. The number of aromatic nitrogens is 3. The Bertz CT molecular complexity index is 407. The van der Waals surface area contributed by atoms with Crippen LogP contribution in [-0.2, 0) is 9.09 Å². The van der Waals surface area contributed by atoms with Crippen molar-refractivity contribution in [3.05, 3.63) is 12.7 Å². The number of aliphatic hydroxyl groups excluding tert-OH is 1. The van der Waals surface area contributed by atoms with Gasteiger partial charge < -0.3 is 10.4 Å². The Morgan fingerprint density at radius 3 is 2.78 bits per heavy atom. The maximum absolute atomic E-state index is 10.7. The molecule has 0 bridgehead atoms. The van der Waals surface area contributed by atoms with Crippen molar-refractivity contribution in [2.45, 2.75) is 25.0 Å². The highest BCUT2D eigenvalue weighted by Crippen LogP contribution is 2.35. The lowest BCUT2D eigenvalue weighted by molar-refractivity contribution is 0.106. The van der Waals surface area contributed by atoms with E-state index in [0.717, 1.165) is 0 Å². The minimum atomic E-state index is -2.65. The van der Waals surface area contributed by atoms with E-state index in [1.54, 1.807) is 0 Å². The molecule has 1 aromatic rings. The molecule has 4 atom stereocenters. The molecule has 1 aromatic heterocycles. The third-order valence-electron chi connectivity index (χ3n) is 2.92. The summed E-state index contributed by atoms with van der Waals surface area (Å²) in [6, 6.07) is 0.00417. The van der Waals surface area contributed by atoms with E-state index >= 15 is 0 Å². The maximum atomic E-state index is 10.7. The Kier molecular flexibility index (Phi) is 4.48. The van der Waals surface area contributed by atoms with Crippen molar-refractivity contribution >= 4 is 14.2 Å². The molecule has 0 aromatic carbocycles. The molecule has 18 heavy (non-hydrogen) atoms. The van der Waals surface area contributed by atoms with Crippen LogP contribution in [0.4, 0.5) is 5.95 Å². The Hall–Kier alpha value is -1.21. The first kappa shape index (κ1) is 13.2. The van der Waals surface area contributed by atoms with Gasteiger partial charge in [0.1, 0.15) is 18.8 Å². The molecule has 1 aliphatic rings. The molecule has 1 fully saturated rings. The minimum Gasteiger partial charge on any atom is -0.396 e. The third-order valence-corrected chi connectivity index (χ3v) is 3.37. The van der Waals surface area contributed by atoms with Crippen molar-refractivity contribution < 1.29 is 19.1 Å². The van der Waals surface area contributed by atoms with E-state index in [1.807, 2.05) is 0 Å². The van der Waals surface area contributed by atoms with Crippen molar-refractivity contribution in [3.63, 3.8) is 0 Å². The highest BCUT2D eigenvalue weighted by Gasteiger charge is 2.40. The molecule has 8 nitrogen and oxygen atoms in total. The number of nitrogens with zero attached hydrogens (tertiary/aromatic N) is 3. The molecule has 2 unspecified atom stereocenters. The van der Waals surface area contributed by atoms with Crippen LogP contribution in [0.15, 0.2) is 12.7 Å². The van der Waals surface area contributed by atoms with Gasteiger partial charge in [0, 0.05) is 23.1 Å². The van der Waals surface area contributed by atoms with E-state index in [0.29, 0.717) is 18.8 Å². The molecule has 0 amide bonds. The van der Waals surface area contributed by atoms with Crippen LogP contribution in [0.25, 0.3) is 0 Å². The summed E-state index contributed by atoms with van der Waals surface area (Å²) >= 11 is 0. The highest BCUT2D eigenvalue weighted by atomic mass is 31.1. The second-order valence-electron chi connectivity index (χ2n) is 4.10. The van der Waals surface area contributed by atoms with Gasteiger partial charge in [0.25, 0.3) is 0 Å². The molecule has 0 spiro atoms. The zero-order valence-electron chi connectivity index (χ0n) is 9.51. The first-order chi connectivity index (χ1) is 8.69. The number of hydrogen-bond donors (Lipinski definition) is 3. The maximum Gasteiger partial charge on any atom is 0.695 e. The van der Waals surface area contributed by atoms with Gasteiger partial charge in [0.2, 0.25) is 5.95 Å². The van der Waals surface area contributed by atoms with E-state index < -0.39 is 14.4 Å². The quantitative estimate of drug-likeness (QED) is 0.646. The largest absolute Gasteiger partial charge is 0.695 e. The molecule has 3 N–H and O–H groups in total. The average molecular weight is 273 g/mol. The van der Waals surface area contributed by atoms with Crippen LogP contribution in [0.2, 0.25) is 0 Å². The van der Waals surface area contributed by atoms with Crippen molar-refractivity contribution in [3.8, 4) is 0 Å². The Morgan fingerprint density at radius 1 is 1.44 bits per heavy atom. The fourth-order valence-corrected chi connectivity index (χ4v) is 2.63. The number of rotatable bonds is 5. The lowest BCUT2D eigenvalue weighted by Crippen LogP contribution is -2.19. The predicted molar refractivity (Wildman–Crippen MR) is 61.7 cm³/mol. The number of hydrogen-bond acceptors (Lipinski definition) is 7. The zero-order valence-corrected chi connectivity index (χ0v) is 10.4. The fourth-order valence-electron chi connectivity index (χ4n) is 2.14. The molecule has 0 radical (unpaired) electrons. The normalized spacial score (nSPS) is 28.1. The predicted octanol–water partition coefficient (Wildman–Crippen LogP) is 0.0893. The van der Waals surface area contributed by atoms with Crippen LogP contribution in [0.5, 0.6) is 0 Å². The van der Waals surface area contributed by atoms with Gasteiger partial charge in [0.15, 0.2) is 0 Å². The molecule has 2 rings (SSSR count). The van der Waals surface area contributed by atoms with E-state index in [9.17, 15) is 9.67 Å². The fraction of sp³-hybridized carbons (Fsp3) is 0.667. The first-order valence-corrected chi connectivity index (χ1v) is 6.64. The van der Waals surface area contributed by atoms with Crippen LogP contribution in [-0.4, -0.2) is 43.7 Å². The monoisotopic (exact) mass is 273 g/mol. The van der Waals surface area contributed by atoms with Crippen molar-refractivity contribution in [1.82, 2.24) is 15.0 Å². The second-order valence-corrected chi connectivity index (χ2v) is 4.79. The minimum absolute atomic E-state index is 0.00417. The van der Waals surface area contributed by atoms with Gasteiger partial charge in [-0.2, -0.15) is 0 Å². The van der Waals surface area contributed by atoms with E-state index in [-0.39, 0.29) is 18.6 Å². The van der Waals surface area contributed by atoms with Gasteiger partial charge in [-0.05, 0) is 12.8 Å². The lowest BCUT2D eigenvalue weighted by atomic mass is 10.1. The Balaban J connectivity index is 1.94. The number of aliphatic hydroxyl groups is 1. The third kappa shape index (κ3) is 3.39. The van der Waals surface area contributed by atoms with Crippen LogP contribution in [0.3, 0.4) is 0 Å². The van der Waals surface area contributed by atoms with Crippen molar-refractivity contribution in [1.29, 1.82) is 0 Å². The standard InChI is InChI=1S/C9H13N4O4P/c14-3-6-1-7(2-8(6)17-18(15)16)13-9-11-4-10-5-12-9/h4-8,14H,1-3H2,(H-,10,11,12,13,15,16)/p+1/t6-,7-,8?/m1/s1. The summed E-state index contributed by atoms with van der Waals surface area (Å²) in [4.78, 5) is 20.3. The molecule has 0 saturated heterocycles. The van der Waals surface area contributed by atoms with Gasteiger partial charge >= 0.3 is 8.25 Å². The Labute approximate surface area is 104 Å². The SMILES string of the molecule is O=[P+](O)OC1C[C@H](Nc2ncncn2)C[C@@H]1CO. The van der Waals surface area contributed by atoms with Gasteiger partial charge in [-0.25, -0.2) is 15.0 Å². The number of nitrogens with one attached hydrogen (secondary N) is 1. The van der Waals surface area contributed by atoms with Crippen LogP contribution >= 0.6 is 8.25 Å². The summed E-state index contributed by atoms with van der Waals surface area (Å²) < 4.78 is 15.6. The summed E-state index contributed by atoms with van der Waals surface area (Å²) in [5.41, 5.74) is 0. The molecular formula is C9H14N4O4P+. The van der Waals surface area contributed by atoms with Gasteiger partial charge in [-0.15, -0.1) is 9.42 Å². The molecule has 9 heteroatoms. The van der Waals surface area contributed by atoms with Gasteiger partial charge in [-0.3, -0.25) is 0 Å². The molecule has 1 heterocycles. The van der Waals surface area contributed by atoms with Crippen molar-refractivity contribution in [2.75, 3.05) is 11.9 Å². The van der Waals surface area contributed by atoms with E-state index in [2.05, 4.69) is 20.3 Å². The van der Waals surface area contributed by atoms with Crippen LogP contribution in [0, 0.1) is 5.92 Å². The zero-order chi connectivity index (χ0) is 13.0. The molecular weight excluding hydrogens is 259 g/mol. The number of anilines is 1. The smallest absolute Gasteiger partial charge is 0.396 e. The summed E-state index contributed by atoms with van der Waals surface area (Å²) in [5.74, 6) is 0.288. The first-order valence-electron chi connectivity index (χ1n) is 5.51. The topological polar surface area (TPSA) is 117 Å². The highest BCUT2D eigenvalue weighted by molar-refractivity contribution is 7.32. The van der Waals surface area contributed by atoms with Crippen LogP contribution < -0.4 is 5.32 Å².